The highest BCUT2D eigenvalue weighted by Crippen LogP contribution is 2.26. The van der Waals surface area contributed by atoms with E-state index in [1.807, 2.05) is 12.1 Å². The fourth-order valence-electron chi connectivity index (χ4n) is 1.66. The standard InChI is InChI=1S/C12H19IN2/c1-4-5-9(2)15(3)12-7-6-10(14)8-11(12)13/h6-9H,4-5,14H2,1-3H3. The Kier molecular flexibility index (Phi) is 4.70. The van der Waals surface area contributed by atoms with Crippen LogP contribution in [0.25, 0.3) is 0 Å². The van der Waals surface area contributed by atoms with E-state index >= 15 is 0 Å². The number of halogens is 1. The molecule has 3 heteroatoms. The second kappa shape index (κ2) is 5.58. The summed E-state index contributed by atoms with van der Waals surface area (Å²) >= 11 is 2.34. The molecule has 0 aliphatic rings. The summed E-state index contributed by atoms with van der Waals surface area (Å²) in [6, 6.07) is 6.66. The van der Waals surface area contributed by atoms with Gasteiger partial charge in [-0.15, -0.1) is 0 Å². The van der Waals surface area contributed by atoms with Gasteiger partial charge in [-0.25, -0.2) is 0 Å². The average Bonchev–Trinajstić information content (AvgIpc) is 2.17. The predicted molar refractivity (Wildman–Crippen MR) is 76.3 cm³/mol. The van der Waals surface area contributed by atoms with Gasteiger partial charge in [0.2, 0.25) is 0 Å². The number of nitrogens with zero attached hydrogens (tertiary/aromatic N) is 1. The van der Waals surface area contributed by atoms with Gasteiger partial charge in [0, 0.05) is 22.3 Å². The molecule has 1 atom stereocenters. The van der Waals surface area contributed by atoms with Crippen molar-refractivity contribution < 1.29 is 0 Å². The van der Waals surface area contributed by atoms with Gasteiger partial charge in [0.1, 0.15) is 0 Å². The molecule has 0 aliphatic heterocycles. The molecule has 0 radical (unpaired) electrons. The highest BCUT2D eigenvalue weighted by Gasteiger charge is 2.11. The van der Waals surface area contributed by atoms with Crippen molar-refractivity contribution in [3.63, 3.8) is 0 Å². The Morgan fingerprint density at radius 2 is 2.13 bits per heavy atom. The van der Waals surface area contributed by atoms with Gasteiger partial charge in [0.25, 0.3) is 0 Å². The molecule has 0 aliphatic carbocycles. The summed E-state index contributed by atoms with van der Waals surface area (Å²) in [4.78, 5) is 2.32. The Morgan fingerprint density at radius 1 is 1.47 bits per heavy atom. The van der Waals surface area contributed by atoms with Gasteiger partial charge < -0.3 is 10.6 Å². The largest absolute Gasteiger partial charge is 0.399 e. The molecule has 0 bridgehead atoms. The molecule has 0 saturated heterocycles. The molecule has 0 saturated carbocycles. The first-order valence-corrected chi connectivity index (χ1v) is 6.42. The normalized spacial score (nSPS) is 12.5. The molecule has 84 valence electrons. The zero-order valence-corrected chi connectivity index (χ0v) is 11.8. The average molecular weight is 318 g/mol. The van der Waals surface area contributed by atoms with E-state index in [0.29, 0.717) is 6.04 Å². The van der Waals surface area contributed by atoms with Gasteiger partial charge >= 0.3 is 0 Å². The number of nitrogen functional groups attached to an aromatic ring is 1. The van der Waals surface area contributed by atoms with Gasteiger partial charge in [-0.05, 0) is 54.1 Å². The van der Waals surface area contributed by atoms with Crippen LogP contribution in [0.15, 0.2) is 18.2 Å². The quantitative estimate of drug-likeness (QED) is 0.680. The van der Waals surface area contributed by atoms with Crippen molar-refractivity contribution in [3.8, 4) is 0 Å². The van der Waals surface area contributed by atoms with E-state index in [2.05, 4.69) is 54.5 Å². The third-order valence-electron chi connectivity index (χ3n) is 2.72. The summed E-state index contributed by atoms with van der Waals surface area (Å²) in [5.41, 5.74) is 7.84. The Hall–Kier alpha value is -0.450. The Bertz CT molecular complexity index is 325. The highest BCUT2D eigenvalue weighted by atomic mass is 127. The van der Waals surface area contributed by atoms with E-state index in [4.69, 9.17) is 5.73 Å². The molecule has 0 amide bonds. The first kappa shape index (κ1) is 12.6. The molecule has 0 aromatic heterocycles. The fraction of sp³-hybridized carbons (Fsp3) is 0.500. The van der Waals surface area contributed by atoms with Gasteiger partial charge in [-0.3, -0.25) is 0 Å². The fourth-order valence-corrected chi connectivity index (χ4v) is 2.58. The Morgan fingerprint density at radius 3 is 2.67 bits per heavy atom. The third-order valence-corrected chi connectivity index (χ3v) is 3.58. The van der Waals surface area contributed by atoms with Crippen LogP contribution < -0.4 is 10.6 Å². The lowest BCUT2D eigenvalue weighted by Crippen LogP contribution is -2.29. The first-order valence-electron chi connectivity index (χ1n) is 5.34. The molecule has 1 rings (SSSR count). The van der Waals surface area contributed by atoms with Crippen LogP contribution in [0.1, 0.15) is 26.7 Å². The first-order chi connectivity index (χ1) is 7.06. The molecular formula is C12H19IN2. The lowest BCUT2D eigenvalue weighted by molar-refractivity contribution is 0.615. The van der Waals surface area contributed by atoms with Gasteiger partial charge in [0.05, 0.1) is 5.69 Å². The van der Waals surface area contributed by atoms with Crippen molar-refractivity contribution in [1.29, 1.82) is 0 Å². The van der Waals surface area contributed by atoms with Crippen LogP contribution in [0.2, 0.25) is 0 Å². The Labute approximate surface area is 106 Å². The van der Waals surface area contributed by atoms with Crippen molar-refractivity contribution in [3.05, 3.63) is 21.8 Å². The summed E-state index contributed by atoms with van der Waals surface area (Å²) in [6.07, 6.45) is 2.44. The number of nitrogens with two attached hydrogens (primary N) is 1. The molecule has 1 unspecified atom stereocenters. The molecule has 0 fully saturated rings. The van der Waals surface area contributed by atoms with Crippen molar-refractivity contribution in [2.24, 2.45) is 0 Å². The summed E-state index contributed by atoms with van der Waals surface area (Å²) in [6.45, 7) is 4.48. The molecular weight excluding hydrogens is 299 g/mol. The van der Waals surface area contributed by atoms with Crippen molar-refractivity contribution in [1.82, 2.24) is 0 Å². The summed E-state index contributed by atoms with van der Waals surface area (Å²) in [7, 11) is 2.15. The minimum absolute atomic E-state index is 0.576. The van der Waals surface area contributed by atoms with E-state index in [0.717, 1.165) is 5.69 Å². The van der Waals surface area contributed by atoms with E-state index in [9.17, 15) is 0 Å². The molecule has 2 N–H and O–H groups in total. The lowest BCUT2D eigenvalue weighted by Gasteiger charge is -2.28. The van der Waals surface area contributed by atoms with Crippen LogP contribution >= 0.6 is 22.6 Å². The van der Waals surface area contributed by atoms with Gasteiger partial charge in [0.15, 0.2) is 0 Å². The molecule has 2 nitrogen and oxygen atoms in total. The number of anilines is 2. The maximum absolute atomic E-state index is 5.74. The maximum atomic E-state index is 5.74. The van der Waals surface area contributed by atoms with Crippen LogP contribution in [-0.4, -0.2) is 13.1 Å². The zero-order valence-electron chi connectivity index (χ0n) is 9.63. The summed E-state index contributed by atoms with van der Waals surface area (Å²) < 4.78 is 1.22. The highest BCUT2D eigenvalue weighted by molar-refractivity contribution is 14.1. The van der Waals surface area contributed by atoms with Crippen molar-refractivity contribution in [2.45, 2.75) is 32.7 Å². The molecule has 0 spiro atoms. The van der Waals surface area contributed by atoms with Gasteiger partial charge in [-0.2, -0.15) is 0 Å². The minimum atomic E-state index is 0.576. The second-order valence-corrected chi connectivity index (χ2v) is 5.12. The Balaban J connectivity index is 2.86. The second-order valence-electron chi connectivity index (χ2n) is 3.96. The van der Waals surface area contributed by atoms with Crippen LogP contribution in [-0.2, 0) is 0 Å². The van der Waals surface area contributed by atoms with E-state index in [-0.39, 0.29) is 0 Å². The maximum Gasteiger partial charge on any atom is 0.0503 e. The number of benzene rings is 1. The topological polar surface area (TPSA) is 29.3 Å². The number of hydrogen-bond acceptors (Lipinski definition) is 2. The lowest BCUT2D eigenvalue weighted by atomic mass is 10.1. The van der Waals surface area contributed by atoms with Crippen LogP contribution in [0, 0.1) is 3.57 Å². The SMILES string of the molecule is CCCC(C)N(C)c1ccc(N)cc1I. The van der Waals surface area contributed by atoms with E-state index < -0.39 is 0 Å². The van der Waals surface area contributed by atoms with E-state index in [1.54, 1.807) is 0 Å². The summed E-state index contributed by atoms with van der Waals surface area (Å²) in [5, 5.41) is 0. The predicted octanol–water partition coefficient (Wildman–Crippen LogP) is 3.50. The third kappa shape index (κ3) is 3.26. The van der Waals surface area contributed by atoms with Crippen LogP contribution in [0.3, 0.4) is 0 Å². The molecule has 1 aromatic carbocycles. The summed E-state index contributed by atoms with van der Waals surface area (Å²) in [5.74, 6) is 0. The monoisotopic (exact) mass is 318 g/mol. The van der Waals surface area contributed by atoms with Crippen molar-refractivity contribution in [2.75, 3.05) is 17.7 Å². The molecule has 1 aromatic rings. The van der Waals surface area contributed by atoms with E-state index in [1.165, 1.54) is 22.1 Å². The zero-order chi connectivity index (χ0) is 11.4. The molecule has 15 heavy (non-hydrogen) atoms. The van der Waals surface area contributed by atoms with Gasteiger partial charge in [-0.1, -0.05) is 13.3 Å². The van der Waals surface area contributed by atoms with Crippen LogP contribution in [0.4, 0.5) is 11.4 Å². The number of rotatable bonds is 4. The minimum Gasteiger partial charge on any atom is -0.399 e. The molecule has 0 heterocycles. The van der Waals surface area contributed by atoms with Crippen molar-refractivity contribution >= 4 is 34.0 Å². The number of hydrogen-bond donors (Lipinski definition) is 1. The van der Waals surface area contributed by atoms with Crippen LogP contribution in [0.5, 0.6) is 0 Å². The smallest absolute Gasteiger partial charge is 0.0503 e.